The van der Waals surface area contributed by atoms with Crippen molar-refractivity contribution in [1.29, 1.82) is 0 Å². The molecule has 4 rings (SSSR count). The zero-order chi connectivity index (χ0) is 24.3. The lowest BCUT2D eigenvalue weighted by Crippen LogP contribution is -2.24. The summed E-state index contributed by atoms with van der Waals surface area (Å²) in [7, 11) is 0. The summed E-state index contributed by atoms with van der Waals surface area (Å²) in [6.45, 7) is 4.10. The number of nitrogens with zero attached hydrogens (tertiary/aromatic N) is 3. The summed E-state index contributed by atoms with van der Waals surface area (Å²) in [5.74, 6) is 0.336. The van der Waals surface area contributed by atoms with Crippen LogP contribution in [0.5, 0.6) is 5.75 Å². The molecule has 3 aromatic rings. The number of anilines is 2. The number of hydrogen-bond donors (Lipinski definition) is 2. The van der Waals surface area contributed by atoms with Gasteiger partial charge in [0.25, 0.3) is 5.91 Å². The molecule has 3 heterocycles. The Morgan fingerprint density at radius 2 is 1.94 bits per heavy atom. The van der Waals surface area contributed by atoms with Crippen LogP contribution in [0.1, 0.15) is 22.5 Å². The molecule has 0 spiro atoms. The van der Waals surface area contributed by atoms with Gasteiger partial charge in [0.2, 0.25) is 0 Å². The number of carbonyl (C=O) groups excluding carboxylic acids is 1. The van der Waals surface area contributed by atoms with E-state index in [2.05, 4.69) is 24.9 Å². The fraction of sp³-hybridized carbons (Fsp3) is 0.292. The number of nitrogens with one attached hydrogen (secondary N) is 1. The Kier molecular flexibility index (Phi) is 6.69. The lowest BCUT2D eigenvalue weighted by Gasteiger charge is -2.21. The summed E-state index contributed by atoms with van der Waals surface area (Å²) in [5.41, 5.74) is 8.95. The van der Waals surface area contributed by atoms with Crippen molar-refractivity contribution in [2.24, 2.45) is 11.7 Å². The predicted octanol–water partition coefficient (Wildman–Crippen LogP) is 4.39. The quantitative estimate of drug-likeness (QED) is 0.554. The Morgan fingerprint density at radius 3 is 2.56 bits per heavy atom. The molecule has 1 atom stereocenters. The summed E-state index contributed by atoms with van der Waals surface area (Å²) in [6, 6.07) is 10.5. The fourth-order valence-corrected chi connectivity index (χ4v) is 3.83. The maximum Gasteiger partial charge on any atom is 0.573 e. The Morgan fingerprint density at radius 1 is 1.18 bits per heavy atom. The smallest absolute Gasteiger partial charge is 0.406 e. The highest BCUT2D eigenvalue weighted by atomic mass is 19.4. The zero-order valence-electron chi connectivity index (χ0n) is 18.5. The maximum atomic E-state index is 12.9. The number of carbonyl (C=O) groups is 1. The molecule has 10 heteroatoms. The first-order valence-corrected chi connectivity index (χ1v) is 10.8. The highest BCUT2D eigenvalue weighted by Gasteiger charge is 2.31. The van der Waals surface area contributed by atoms with Crippen molar-refractivity contribution in [2.45, 2.75) is 19.7 Å². The number of halogens is 3. The Labute approximate surface area is 194 Å². The number of aromatic nitrogens is 2. The van der Waals surface area contributed by atoms with Crippen molar-refractivity contribution >= 4 is 17.4 Å². The monoisotopic (exact) mass is 471 g/mol. The van der Waals surface area contributed by atoms with E-state index in [4.69, 9.17) is 5.73 Å². The predicted molar refractivity (Wildman–Crippen MR) is 123 cm³/mol. The highest BCUT2D eigenvalue weighted by Crippen LogP contribution is 2.33. The van der Waals surface area contributed by atoms with Gasteiger partial charge in [0.15, 0.2) is 0 Å². The van der Waals surface area contributed by atoms with E-state index < -0.39 is 12.3 Å². The molecule has 1 aliphatic rings. The number of nitrogens with two attached hydrogens (primary N) is 1. The van der Waals surface area contributed by atoms with Crippen LogP contribution in [0.4, 0.5) is 24.7 Å². The van der Waals surface area contributed by atoms with Gasteiger partial charge >= 0.3 is 6.36 Å². The highest BCUT2D eigenvalue weighted by molar-refractivity contribution is 6.05. The van der Waals surface area contributed by atoms with Gasteiger partial charge in [-0.1, -0.05) is 6.07 Å². The Balaban J connectivity index is 1.59. The second-order valence-corrected chi connectivity index (χ2v) is 8.15. The number of aryl methyl sites for hydroxylation is 1. The van der Waals surface area contributed by atoms with E-state index in [1.165, 1.54) is 18.3 Å². The number of hydrogen-bond acceptors (Lipinski definition) is 6. The van der Waals surface area contributed by atoms with Crippen LogP contribution >= 0.6 is 0 Å². The molecule has 0 unspecified atom stereocenters. The maximum absolute atomic E-state index is 12.9. The number of amides is 1. The topological polar surface area (TPSA) is 93.4 Å². The van der Waals surface area contributed by atoms with Crippen LogP contribution in [0, 0.1) is 12.8 Å². The van der Waals surface area contributed by atoms with Crippen molar-refractivity contribution in [3.8, 4) is 16.9 Å². The third-order valence-electron chi connectivity index (χ3n) is 5.62. The first-order valence-electron chi connectivity index (χ1n) is 10.8. The van der Waals surface area contributed by atoms with Crippen LogP contribution in [0.25, 0.3) is 11.1 Å². The molecule has 0 bridgehead atoms. The summed E-state index contributed by atoms with van der Waals surface area (Å²) in [5, 5.41) is 2.68. The van der Waals surface area contributed by atoms with E-state index in [9.17, 15) is 18.0 Å². The van der Waals surface area contributed by atoms with E-state index in [1.807, 2.05) is 19.1 Å². The SMILES string of the molecule is Cc1ccc(-c2cc(C(=O)Nc3ccc(OC(F)(F)F)cc3)cnc2N2CC[C@@H](CN)C2)cn1. The minimum atomic E-state index is -4.78. The molecule has 2 aromatic heterocycles. The molecule has 1 fully saturated rings. The number of benzene rings is 1. The average molecular weight is 471 g/mol. The third kappa shape index (κ3) is 5.63. The second kappa shape index (κ2) is 9.68. The van der Waals surface area contributed by atoms with Gasteiger partial charge in [0.05, 0.1) is 5.56 Å². The molecule has 34 heavy (non-hydrogen) atoms. The fourth-order valence-electron chi connectivity index (χ4n) is 3.83. The van der Waals surface area contributed by atoms with Crippen LogP contribution in [0.3, 0.4) is 0 Å². The van der Waals surface area contributed by atoms with Gasteiger partial charge in [-0.25, -0.2) is 4.98 Å². The normalized spacial score (nSPS) is 15.9. The zero-order valence-corrected chi connectivity index (χ0v) is 18.5. The van der Waals surface area contributed by atoms with Gasteiger partial charge < -0.3 is 20.7 Å². The number of ether oxygens (including phenoxy) is 1. The summed E-state index contributed by atoms with van der Waals surface area (Å²) in [4.78, 5) is 24.0. The molecule has 0 aliphatic carbocycles. The first kappa shape index (κ1) is 23.5. The van der Waals surface area contributed by atoms with Crippen LogP contribution < -0.4 is 20.7 Å². The molecular formula is C24H24F3N5O2. The van der Waals surface area contributed by atoms with Crippen molar-refractivity contribution in [2.75, 3.05) is 29.9 Å². The van der Waals surface area contributed by atoms with E-state index in [0.29, 0.717) is 23.7 Å². The van der Waals surface area contributed by atoms with E-state index in [-0.39, 0.29) is 5.75 Å². The van der Waals surface area contributed by atoms with Gasteiger partial charge in [0.1, 0.15) is 11.6 Å². The lowest BCUT2D eigenvalue weighted by atomic mass is 10.0. The van der Waals surface area contributed by atoms with Crippen LogP contribution in [-0.2, 0) is 0 Å². The number of rotatable bonds is 6. The molecular weight excluding hydrogens is 447 g/mol. The molecule has 1 aromatic carbocycles. The third-order valence-corrected chi connectivity index (χ3v) is 5.62. The van der Waals surface area contributed by atoms with Gasteiger partial charge in [0, 0.05) is 48.0 Å². The molecule has 1 saturated heterocycles. The molecule has 0 radical (unpaired) electrons. The second-order valence-electron chi connectivity index (χ2n) is 8.15. The van der Waals surface area contributed by atoms with Gasteiger partial charge in [-0.05, 0) is 62.2 Å². The number of pyridine rings is 2. The standard InChI is InChI=1S/C24H24F3N5O2/c1-15-2-3-17(12-29-15)21-10-18(13-30-22(21)32-9-8-16(11-28)14-32)23(33)31-19-4-6-20(7-5-19)34-24(25,26)27/h2-7,10,12-13,16H,8-9,11,14,28H2,1H3,(H,31,33)/t16-/m0/s1. The van der Waals surface area contributed by atoms with Crippen molar-refractivity contribution in [3.05, 3.63) is 66.1 Å². The summed E-state index contributed by atoms with van der Waals surface area (Å²) in [6.07, 6.45) is -0.570. The van der Waals surface area contributed by atoms with Gasteiger partial charge in [-0.3, -0.25) is 9.78 Å². The van der Waals surface area contributed by atoms with E-state index in [0.717, 1.165) is 54.3 Å². The lowest BCUT2D eigenvalue weighted by molar-refractivity contribution is -0.274. The van der Waals surface area contributed by atoms with Crippen LogP contribution in [0.2, 0.25) is 0 Å². The van der Waals surface area contributed by atoms with E-state index >= 15 is 0 Å². The largest absolute Gasteiger partial charge is 0.573 e. The molecule has 1 aliphatic heterocycles. The first-order chi connectivity index (χ1) is 16.2. The summed E-state index contributed by atoms with van der Waals surface area (Å²) < 4.78 is 40.9. The molecule has 1 amide bonds. The van der Waals surface area contributed by atoms with Crippen LogP contribution in [-0.4, -0.2) is 41.9 Å². The Hall–Kier alpha value is -3.66. The van der Waals surface area contributed by atoms with Gasteiger partial charge in [-0.15, -0.1) is 13.2 Å². The van der Waals surface area contributed by atoms with Crippen molar-refractivity contribution < 1.29 is 22.7 Å². The summed E-state index contributed by atoms with van der Waals surface area (Å²) >= 11 is 0. The van der Waals surface area contributed by atoms with Gasteiger partial charge in [-0.2, -0.15) is 0 Å². The van der Waals surface area contributed by atoms with E-state index in [1.54, 1.807) is 12.3 Å². The minimum absolute atomic E-state index is 0.310. The molecule has 7 nitrogen and oxygen atoms in total. The van der Waals surface area contributed by atoms with Crippen molar-refractivity contribution in [3.63, 3.8) is 0 Å². The minimum Gasteiger partial charge on any atom is -0.406 e. The molecule has 0 saturated carbocycles. The Bertz CT molecular complexity index is 1150. The molecule has 3 N–H and O–H groups in total. The molecule has 178 valence electrons. The van der Waals surface area contributed by atoms with Crippen molar-refractivity contribution in [1.82, 2.24) is 9.97 Å². The van der Waals surface area contributed by atoms with Crippen LogP contribution in [0.15, 0.2) is 54.9 Å². The average Bonchev–Trinajstić information content (AvgIpc) is 3.29. The number of alkyl halides is 3.